The van der Waals surface area contributed by atoms with Gasteiger partial charge in [-0.15, -0.1) is 0 Å². The molecule has 14 heavy (non-hydrogen) atoms. The number of non-ortho nitro benzene ring substituents is 1. The number of nitro benzene ring substituents is 1. The molecule has 0 amide bonds. The Kier molecular flexibility index (Phi) is 5.06. The van der Waals surface area contributed by atoms with Gasteiger partial charge < -0.3 is 9.84 Å². The molecule has 0 aliphatic carbocycles. The maximum Gasteiger partial charge on any atom is 0.273 e. The fraction of sp³-hybridized carbons (Fsp3) is 0.333. The number of phenolic OH excluding ortho intramolecular Hbond substituents is 1. The van der Waals surface area contributed by atoms with Crippen molar-refractivity contribution in [3.63, 3.8) is 0 Å². The van der Waals surface area contributed by atoms with Crippen LogP contribution in [0.5, 0.6) is 11.5 Å². The van der Waals surface area contributed by atoms with Crippen LogP contribution in [-0.4, -0.2) is 17.1 Å². The van der Waals surface area contributed by atoms with Crippen molar-refractivity contribution in [2.45, 2.75) is 13.8 Å². The Morgan fingerprint density at radius 1 is 1.43 bits per heavy atom. The molecule has 78 valence electrons. The van der Waals surface area contributed by atoms with Crippen LogP contribution in [0.2, 0.25) is 0 Å². The standard InChI is InChI=1S/C7H7NO4.C2H6/c1-12-7-3-2-5(8(10)11)4-6(7)9;1-2/h2-4,9H,1H3;1-2H3. The van der Waals surface area contributed by atoms with Crippen LogP contribution in [0.1, 0.15) is 13.8 Å². The van der Waals surface area contributed by atoms with Crippen LogP contribution in [0.3, 0.4) is 0 Å². The highest BCUT2D eigenvalue weighted by Crippen LogP contribution is 2.29. The molecule has 0 atom stereocenters. The monoisotopic (exact) mass is 199 g/mol. The highest BCUT2D eigenvalue weighted by molar-refractivity contribution is 5.47. The second-order valence-electron chi connectivity index (χ2n) is 2.11. The largest absolute Gasteiger partial charge is 0.504 e. The quantitative estimate of drug-likeness (QED) is 0.586. The molecule has 1 aromatic rings. The molecule has 0 aliphatic heterocycles. The third kappa shape index (κ3) is 2.93. The molecule has 1 aromatic carbocycles. The van der Waals surface area contributed by atoms with Crippen LogP contribution < -0.4 is 4.74 Å². The van der Waals surface area contributed by atoms with E-state index in [2.05, 4.69) is 0 Å². The molecule has 0 spiro atoms. The predicted molar refractivity (Wildman–Crippen MR) is 52.7 cm³/mol. The molecule has 0 heterocycles. The average molecular weight is 199 g/mol. The van der Waals surface area contributed by atoms with Crippen molar-refractivity contribution in [1.82, 2.24) is 0 Å². The van der Waals surface area contributed by atoms with Crippen LogP contribution in [0.25, 0.3) is 0 Å². The number of ether oxygens (including phenoxy) is 1. The van der Waals surface area contributed by atoms with E-state index in [0.717, 1.165) is 6.07 Å². The van der Waals surface area contributed by atoms with Crippen LogP contribution in [0, 0.1) is 10.1 Å². The van der Waals surface area contributed by atoms with Crippen molar-refractivity contribution in [3.8, 4) is 11.5 Å². The Balaban J connectivity index is 0.000000791. The Hall–Kier alpha value is -1.78. The number of nitrogens with zero attached hydrogens (tertiary/aromatic N) is 1. The summed E-state index contributed by atoms with van der Waals surface area (Å²) < 4.78 is 4.71. The van der Waals surface area contributed by atoms with Crippen molar-refractivity contribution in [1.29, 1.82) is 0 Å². The van der Waals surface area contributed by atoms with Gasteiger partial charge in [0.2, 0.25) is 0 Å². The van der Waals surface area contributed by atoms with Gasteiger partial charge >= 0.3 is 0 Å². The first kappa shape index (κ1) is 12.2. The molecule has 0 bridgehead atoms. The van der Waals surface area contributed by atoms with Crippen LogP contribution in [-0.2, 0) is 0 Å². The van der Waals surface area contributed by atoms with Gasteiger partial charge in [-0.3, -0.25) is 10.1 Å². The minimum absolute atomic E-state index is 0.159. The number of hydrogen-bond donors (Lipinski definition) is 1. The zero-order chi connectivity index (χ0) is 11.1. The maximum absolute atomic E-state index is 10.2. The second-order valence-corrected chi connectivity index (χ2v) is 2.11. The number of hydrogen-bond acceptors (Lipinski definition) is 4. The van der Waals surface area contributed by atoms with Gasteiger partial charge in [0.25, 0.3) is 5.69 Å². The maximum atomic E-state index is 10.2. The van der Waals surface area contributed by atoms with E-state index in [0.29, 0.717) is 0 Å². The molecule has 5 heteroatoms. The first-order valence-electron chi connectivity index (χ1n) is 4.16. The van der Waals surface area contributed by atoms with E-state index in [4.69, 9.17) is 9.84 Å². The summed E-state index contributed by atoms with van der Waals surface area (Å²) in [7, 11) is 1.38. The van der Waals surface area contributed by atoms with E-state index in [9.17, 15) is 10.1 Å². The fourth-order valence-corrected chi connectivity index (χ4v) is 0.792. The van der Waals surface area contributed by atoms with Crippen molar-refractivity contribution in [2.24, 2.45) is 0 Å². The van der Waals surface area contributed by atoms with E-state index in [1.807, 2.05) is 13.8 Å². The van der Waals surface area contributed by atoms with E-state index >= 15 is 0 Å². The van der Waals surface area contributed by atoms with Gasteiger partial charge in [0.15, 0.2) is 11.5 Å². The van der Waals surface area contributed by atoms with Crippen molar-refractivity contribution in [2.75, 3.05) is 7.11 Å². The van der Waals surface area contributed by atoms with Crippen LogP contribution >= 0.6 is 0 Å². The SMILES string of the molecule is CC.COc1ccc([N+](=O)[O-])cc1O. The zero-order valence-electron chi connectivity index (χ0n) is 8.35. The molecule has 0 aromatic heterocycles. The lowest BCUT2D eigenvalue weighted by Crippen LogP contribution is -1.88. The fourth-order valence-electron chi connectivity index (χ4n) is 0.792. The molecule has 0 fully saturated rings. The summed E-state index contributed by atoms with van der Waals surface area (Å²) in [6.07, 6.45) is 0. The summed E-state index contributed by atoms with van der Waals surface area (Å²) in [5.74, 6) is -0.00713. The summed E-state index contributed by atoms with van der Waals surface area (Å²) in [6.45, 7) is 4.00. The van der Waals surface area contributed by atoms with Gasteiger partial charge in [-0.05, 0) is 6.07 Å². The van der Waals surface area contributed by atoms with E-state index in [1.165, 1.54) is 19.2 Å². The third-order valence-corrected chi connectivity index (χ3v) is 1.37. The molecule has 0 unspecified atom stereocenters. The molecule has 1 N–H and O–H groups in total. The Morgan fingerprint density at radius 2 is 2.00 bits per heavy atom. The molecule has 1 rings (SSSR count). The summed E-state index contributed by atoms with van der Waals surface area (Å²) in [6, 6.07) is 3.64. The number of methoxy groups -OCH3 is 1. The predicted octanol–water partition coefficient (Wildman–Crippen LogP) is 2.34. The van der Waals surface area contributed by atoms with Crippen molar-refractivity contribution in [3.05, 3.63) is 28.3 Å². The molecule has 0 saturated heterocycles. The molecular weight excluding hydrogens is 186 g/mol. The number of nitro groups is 1. The normalized spacial score (nSPS) is 8.50. The Morgan fingerprint density at radius 3 is 2.36 bits per heavy atom. The zero-order valence-corrected chi connectivity index (χ0v) is 8.35. The van der Waals surface area contributed by atoms with E-state index in [1.54, 1.807) is 0 Å². The molecular formula is C9H13NO4. The summed E-state index contributed by atoms with van der Waals surface area (Å²) in [5, 5.41) is 19.3. The van der Waals surface area contributed by atoms with Gasteiger partial charge in [-0.25, -0.2) is 0 Å². The summed E-state index contributed by atoms with van der Waals surface area (Å²) in [5.41, 5.74) is -0.159. The smallest absolute Gasteiger partial charge is 0.273 e. The number of aromatic hydroxyl groups is 1. The number of rotatable bonds is 2. The van der Waals surface area contributed by atoms with Crippen LogP contribution in [0.4, 0.5) is 5.69 Å². The van der Waals surface area contributed by atoms with Gasteiger partial charge in [0.1, 0.15) is 0 Å². The van der Waals surface area contributed by atoms with Crippen LogP contribution in [0.15, 0.2) is 18.2 Å². The number of benzene rings is 1. The minimum Gasteiger partial charge on any atom is -0.504 e. The van der Waals surface area contributed by atoms with Crippen molar-refractivity contribution < 1.29 is 14.8 Å². The number of phenols is 1. The van der Waals surface area contributed by atoms with Gasteiger partial charge in [-0.1, -0.05) is 13.8 Å². The minimum atomic E-state index is -0.584. The first-order valence-corrected chi connectivity index (χ1v) is 4.16. The third-order valence-electron chi connectivity index (χ3n) is 1.37. The molecule has 0 radical (unpaired) electrons. The summed E-state index contributed by atoms with van der Waals surface area (Å²) in [4.78, 5) is 9.62. The van der Waals surface area contributed by atoms with Gasteiger partial charge in [-0.2, -0.15) is 0 Å². The van der Waals surface area contributed by atoms with E-state index in [-0.39, 0.29) is 17.2 Å². The lowest BCUT2D eigenvalue weighted by molar-refractivity contribution is -0.385. The Labute approximate surface area is 82.1 Å². The van der Waals surface area contributed by atoms with Crippen molar-refractivity contribution >= 4 is 5.69 Å². The molecule has 0 aliphatic rings. The average Bonchev–Trinajstić information content (AvgIpc) is 2.20. The topological polar surface area (TPSA) is 72.6 Å². The second kappa shape index (κ2) is 5.80. The lowest BCUT2D eigenvalue weighted by Gasteiger charge is -2.00. The Bertz CT molecular complexity index is 312. The van der Waals surface area contributed by atoms with Gasteiger partial charge in [0.05, 0.1) is 18.1 Å². The lowest BCUT2D eigenvalue weighted by atomic mass is 10.3. The highest BCUT2D eigenvalue weighted by Gasteiger charge is 2.09. The first-order chi connectivity index (χ1) is 6.65. The molecule has 5 nitrogen and oxygen atoms in total. The molecule has 0 saturated carbocycles. The van der Waals surface area contributed by atoms with E-state index < -0.39 is 4.92 Å². The summed E-state index contributed by atoms with van der Waals surface area (Å²) >= 11 is 0. The highest BCUT2D eigenvalue weighted by atomic mass is 16.6. The van der Waals surface area contributed by atoms with Gasteiger partial charge in [0, 0.05) is 6.07 Å².